The smallest absolute Gasteiger partial charge is 0.311 e. The summed E-state index contributed by atoms with van der Waals surface area (Å²) in [5, 5.41) is 11.6. The Bertz CT molecular complexity index is 672. The van der Waals surface area contributed by atoms with Crippen LogP contribution in [0.2, 0.25) is 0 Å². The Hall–Kier alpha value is -3.07. The van der Waals surface area contributed by atoms with E-state index in [1.54, 1.807) is 25.1 Å². The maximum Gasteiger partial charge on any atom is 0.311 e. The van der Waals surface area contributed by atoms with Crippen LogP contribution in [0.1, 0.15) is 18.9 Å². The number of nitrogens with zero attached hydrogens (tertiary/aromatic N) is 1. The lowest BCUT2D eigenvalue weighted by molar-refractivity contribution is -0.134. The number of nitrogens with one attached hydrogen (secondary N) is 1. The van der Waals surface area contributed by atoms with E-state index in [-0.39, 0.29) is 30.3 Å². The van der Waals surface area contributed by atoms with Gasteiger partial charge in [0, 0.05) is 13.0 Å². The van der Waals surface area contributed by atoms with Gasteiger partial charge in [-0.2, -0.15) is 5.26 Å². The Kier molecular flexibility index (Phi) is 7.08. The zero-order valence-electron chi connectivity index (χ0n) is 13.1. The summed E-state index contributed by atoms with van der Waals surface area (Å²) in [6, 6.07) is 6.60. The van der Waals surface area contributed by atoms with Gasteiger partial charge in [-0.15, -0.1) is 6.58 Å². The fraction of sp³-hybridized carbons (Fsp3) is 0.235. The molecule has 1 aromatic rings. The van der Waals surface area contributed by atoms with Gasteiger partial charge in [0.25, 0.3) is 5.91 Å². The molecule has 1 aromatic carbocycles. The number of amides is 1. The highest BCUT2D eigenvalue weighted by molar-refractivity contribution is 6.01. The molecule has 0 saturated carbocycles. The first-order valence-corrected chi connectivity index (χ1v) is 6.95. The molecule has 0 heterocycles. The topological polar surface area (TPSA) is 88.4 Å². The van der Waals surface area contributed by atoms with Crippen LogP contribution in [-0.2, 0) is 9.59 Å². The molecule has 0 aliphatic carbocycles. The number of benzene rings is 1. The molecule has 6 nitrogen and oxygen atoms in total. The van der Waals surface area contributed by atoms with E-state index in [9.17, 15) is 9.59 Å². The normalized spacial score (nSPS) is 10.4. The molecule has 6 heteroatoms. The van der Waals surface area contributed by atoms with Crippen molar-refractivity contribution >= 4 is 18.0 Å². The van der Waals surface area contributed by atoms with Gasteiger partial charge in [0.2, 0.25) is 0 Å². The SMILES string of the molecule is C=CCNC(=O)C(C#N)=Cc1ccc(OC(=O)CC)c(OC)c1. The fourth-order valence-corrected chi connectivity index (χ4v) is 1.63. The van der Waals surface area contributed by atoms with Gasteiger partial charge in [0.1, 0.15) is 11.6 Å². The van der Waals surface area contributed by atoms with Crippen LogP contribution in [0.25, 0.3) is 6.08 Å². The van der Waals surface area contributed by atoms with E-state index < -0.39 is 5.91 Å². The highest BCUT2D eigenvalue weighted by atomic mass is 16.6. The van der Waals surface area contributed by atoms with E-state index in [4.69, 9.17) is 14.7 Å². The monoisotopic (exact) mass is 314 g/mol. The van der Waals surface area contributed by atoms with E-state index in [0.717, 1.165) is 0 Å². The molecule has 0 unspecified atom stereocenters. The zero-order valence-corrected chi connectivity index (χ0v) is 13.1. The first kappa shape index (κ1) is 18.0. The van der Waals surface area contributed by atoms with Crippen molar-refractivity contribution in [3.8, 4) is 17.6 Å². The van der Waals surface area contributed by atoms with Crippen molar-refractivity contribution in [3.05, 3.63) is 42.0 Å². The van der Waals surface area contributed by atoms with Crippen molar-refractivity contribution in [1.29, 1.82) is 5.26 Å². The molecule has 1 N–H and O–H groups in total. The van der Waals surface area contributed by atoms with Gasteiger partial charge in [-0.25, -0.2) is 0 Å². The van der Waals surface area contributed by atoms with E-state index >= 15 is 0 Å². The summed E-state index contributed by atoms with van der Waals surface area (Å²) in [5.74, 6) is -0.253. The van der Waals surface area contributed by atoms with Gasteiger partial charge in [-0.1, -0.05) is 19.1 Å². The average molecular weight is 314 g/mol. The van der Waals surface area contributed by atoms with E-state index in [2.05, 4.69) is 11.9 Å². The van der Waals surface area contributed by atoms with Crippen LogP contribution in [0.3, 0.4) is 0 Å². The lowest BCUT2D eigenvalue weighted by Crippen LogP contribution is -2.24. The Morgan fingerprint density at radius 2 is 2.13 bits per heavy atom. The molecule has 1 rings (SSSR count). The second-order valence-electron chi connectivity index (χ2n) is 4.41. The molecule has 0 saturated heterocycles. The number of nitriles is 1. The summed E-state index contributed by atoms with van der Waals surface area (Å²) in [6.45, 7) is 5.45. The van der Waals surface area contributed by atoms with Crippen LogP contribution >= 0.6 is 0 Å². The summed E-state index contributed by atoms with van der Waals surface area (Å²) in [6.07, 6.45) is 3.19. The Balaban J connectivity index is 3.06. The number of carbonyl (C=O) groups is 2. The zero-order chi connectivity index (χ0) is 17.2. The number of hydrogen-bond acceptors (Lipinski definition) is 5. The third kappa shape index (κ3) is 5.32. The molecule has 23 heavy (non-hydrogen) atoms. The molecule has 0 aliphatic heterocycles. The first-order chi connectivity index (χ1) is 11.0. The molecule has 0 fully saturated rings. The second kappa shape index (κ2) is 9.05. The molecule has 120 valence electrons. The minimum atomic E-state index is -0.493. The number of rotatable bonds is 7. The molecule has 0 bridgehead atoms. The predicted molar refractivity (Wildman–Crippen MR) is 85.7 cm³/mol. The van der Waals surface area contributed by atoms with Crippen molar-refractivity contribution in [2.24, 2.45) is 0 Å². The maximum absolute atomic E-state index is 11.8. The molecule has 0 spiro atoms. The number of carbonyl (C=O) groups excluding carboxylic acids is 2. The van der Waals surface area contributed by atoms with E-state index in [0.29, 0.717) is 11.3 Å². The third-order valence-corrected chi connectivity index (χ3v) is 2.78. The maximum atomic E-state index is 11.8. The van der Waals surface area contributed by atoms with Crippen LogP contribution in [0.5, 0.6) is 11.5 Å². The molecule has 0 atom stereocenters. The minimum Gasteiger partial charge on any atom is -0.493 e. The van der Waals surface area contributed by atoms with Crippen LogP contribution in [0.4, 0.5) is 0 Å². The van der Waals surface area contributed by atoms with Crippen LogP contribution in [0.15, 0.2) is 36.4 Å². The van der Waals surface area contributed by atoms with Crippen molar-refractivity contribution in [1.82, 2.24) is 5.32 Å². The first-order valence-electron chi connectivity index (χ1n) is 6.95. The Labute approximate surface area is 135 Å². The standard InChI is InChI=1S/C17H18N2O4/c1-4-8-19-17(21)13(11-18)9-12-6-7-14(15(10-12)22-3)23-16(20)5-2/h4,6-7,9-10H,1,5,8H2,2-3H3,(H,19,21). The molecular formula is C17H18N2O4. The number of ether oxygens (including phenoxy) is 2. The van der Waals surface area contributed by atoms with Gasteiger partial charge in [0.15, 0.2) is 11.5 Å². The number of hydrogen-bond donors (Lipinski definition) is 1. The highest BCUT2D eigenvalue weighted by Crippen LogP contribution is 2.29. The summed E-state index contributed by atoms with van der Waals surface area (Å²) in [5.41, 5.74) is 0.524. The van der Waals surface area contributed by atoms with Crippen LogP contribution < -0.4 is 14.8 Å². The summed E-state index contributed by atoms with van der Waals surface area (Å²) in [7, 11) is 1.44. The van der Waals surface area contributed by atoms with Gasteiger partial charge in [-0.3, -0.25) is 9.59 Å². The number of methoxy groups -OCH3 is 1. The Morgan fingerprint density at radius 3 is 2.70 bits per heavy atom. The van der Waals surface area contributed by atoms with Gasteiger partial charge < -0.3 is 14.8 Å². The van der Waals surface area contributed by atoms with Crippen molar-refractivity contribution in [3.63, 3.8) is 0 Å². The van der Waals surface area contributed by atoms with Crippen LogP contribution in [0, 0.1) is 11.3 Å². The highest BCUT2D eigenvalue weighted by Gasteiger charge is 2.11. The lowest BCUT2D eigenvalue weighted by atomic mass is 10.1. The molecule has 0 aliphatic rings. The molecule has 0 radical (unpaired) electrons. The van der Waals surface area contributed by atoms with Crippen molar-refractivity contribution < 1.29 is 19.1 Å². The second-order valence-corrected chi connectivity index (χ2v) is 4.41. The predicted octanol–water partition coefficient (Wildman–Crippen LogP) is 2.22. The van der Waals surface area contributed by atoms with Crippen LogP contribution in [-0.4, -0.2) is 25.5 Å². The molecular weight excluding hydrogens is 296 g/mol. The quantitative estimate of drug-likeness (QED) is 0.274. The third-order valence-electron chi connectivity index (χ3n) is 2.78. The Morgan fingerprint density at radius 1 is 1.39 bits per heavy atom. The van der Waals surface area contributed by atoms with Gasteiger partial charge >= 0.3 is 5.97 Å². The van der Waals surface area contributed by atoms with Gasteiger partial charge in [-0.05, 0) is 23.8 Å². The van der Waals surface area contributed by atoms with Gasteiger partial charge in [0.05, 0.1) is 7.11 Å². The summed E-state index contributed by atoms with van der Waals surface area (Å²) < 4.78 is 10.3. The van der Waals surface area contributed by atoms with E-state index in [1.165, 1.54) is 19.3 Å². The lowest BCUT2D eigenvalue weighted by Gasteiger charge is -2.09. The fourth-order valence-electron chi connectivity index (χ4n) is 1.63. The van der Waals surface area contributed by atoms with Crippen molar-refractivity contribution in [2.45, 2.75) is 13.3 Å². The van der Waals surface area contributed by atoms with Crippen molar-refractivity contribution in [2.75, 3.05) is 13.7 Å². The molecule has 1 amide bonds. The number of esters is 1. The largest absolute Gasteiger partial charge is 0.493 e. The molecule has 0 aromatic heterocycles. The van der Waals surface area contributed by atoms with E-state index in [1.807, 2.05) is 6.07 Å². The average Bonchev–Trinajstić information content (AvgIpc) is 2.58. The minimum absolute atomic E-state index is 0.0489. The summed E-state index contributed by atoms with van der Waals surface area (Å²) in [4.78, 5) is 23.1. The summed E-state index contributed by atoms with van der Waals surface area (Å²) >= 11 is 0.